The second-order valence-corrected chi connectivity index (χ2v) is 4.75. The number of alkyl halides is 3. The van der Waals surface area contributed by atoms with Crippen molar-refractivity contribution < 1.29 is 18.3 Å². The Morgan fingerprint density at radius 2 is 2.05 bits per heavy atom. The molecule has 1 heterocycles. The lowest BCUT2D eigenvalue weighted by molar-refractivity contribution is 0.0498. The Kier molecular flexibility index (Phi) is 4.12. The highest BCUT2D eigenvalue weighted by Crippen LogP contribution is 2.37. The van der Waals surface area contributed by atoms with Crippen molar-refractivity contribution in [1.82, 2.24) is 15.0 Å². The van der Waals surface area contributed by atoms with Crippen molar-refractivity contribution in [2.45, 2.75) is 11.8 Å². The number of rotatable bonds is 4. The zero-order valence-electron chi connectivity index (χ0n) is 10.4. The minimum atomic E-state index is -3.46. The summed E-state index contributed by atoms with van der Waals surface area (Å²) in [6, 6.07) is 8.21. The SMILES string of the molecule is CCOC(=O)c1nnn(-c2ccccc2)c1C(F)(F)Br. The molecule has 0 aliphatic rings. The van der Waals surface area contributed by atoms with Gasteiger partial charge in [0.15, 0.2) is 5.69 Å². The Hall–Kier alpha value is -1.83. The lowest BCUT2D eigenvalue weighted by Crippen LogP contribution is -2.17. The van der Waals surface area contributed by atoms with E-state index in [0.29, 0.717) is 5.69 Å². The minimum absolute atomic E-state index is 0.0598. The number of ether oxygens (including phenoxy) is 1. The Balaban J connectivity index is 2.57. The predicted octanol–water partition coefficient (Wildman–Crippen LogP) is 2.89. The van der Waals surface area contributed by atoms with E-state index in [9.17, 15) is 13.6 Å². The van der Waals surface area contributed by atoms with Gasteiger partial charge in [-0.15, -0.1) is 5.10 Å². The van der Waals surface area contributed by atoms with Crippen LogP contribution in [0.2, 0.25) is 0 Å². The lowest BCUT2D eigenvalue weighted by atomic mass is 10.3. The standard InChI is InChI=1S/C12H10BrF2N3O2/c1-2-20-11(19)9-10(12(13,14)15)18(17-16-9)8-6-4-3-5-7-8/h3-7H,2H2,1H3. The molecule has 0 saturated carbocycles. The zero-order valence-corrected chi connectivity index (χ0v) is 12.0. The quantitative estimate of drug-likeness (QED) is 0.631. The van der Waals surface area contributed by atoms with Crippen LogP contribution in [0.5, 0.6) is 0 Å². The first kappa shape index (κ1) is 14.6. The monoisotopic (exact) mass is 345 g/mol. The van der Waals surface area contributed by atoms with Gasteiger partial charge in [0, 0.05) is 0 Å². The highest BCUT2D eigenvalue weighted by atomic mass is 79.9. The molecule has 0 radical (unpaired) electrons. The van der Waals surface area contributed by atoms with Crippen LogP contribution in [-0.4, -0.2) is 27.6 Å². The number of hydrogen-bond acceptors (Lipinski definition) is 4. The summed E-state index contributed by atoms with van der Waals surface area (Å²) >= 11 is 2.24. The molecule has 2 aromatic rings. The first-order valence-electron chi connectivity index (χ1n) is 5.70. The maximum Gasteiger partial charge on any atom is 0.361 e. The Morgan fingerprint density at radius 3 is 2.60 bits per heavy atom. The first-order chi connectivity index (χ1) is 9.45. The smallest absolute Gasteiger partial charge is 0.361 e. The second kappa shape index (κ2) is 5.66. The first-order valence-corrected chi connectivity index (χ1v) is 6.50. The number of nitrogens with zero attached hydrogens (tertiary/aromatic N) is 3. The molecule has 0 atom stereocenters. The predicted molar refractivity (Wildman–Crippen MR) is 70.1 cm³/mol. The summed E-state index contributed by atoms with van der Waals surface area (Å²) in [4.78, 5) is 8.20. The molecule has 0 unspecified atom stereocenters. The molecule has 0 spiro atoms. The molecule has 0 bridgehead atoms. The van der Waals surface area contributed by atoms with Gasteiger partial charge in [-0.25, -0.2) is 9.48 Å². The van der Waals surface area contributed by atoms with Gasteiger partial charge in [-0.3, -0.25) is 0 Å². The fourth-order valence-electron chi connectivity index (χ4n) is 1.62. The number of aromatic nitrogens is 3. The normalized spacial score (nSPS) is 11.4. The summed E-state index contributed by atoms with van der Waals surface area (Å²) in [7, 11) is 0. The average molecular weight is 346 g/mol. The van der Waals surface area contributed by atoms with Gasteiger partial charge in [-0.05, 0) is 35.0 Å². The summed E-state index contributed by atoms with van der Waals surface area (Å²) in [6.07, 6.45) is 0. The molecule has 2 rings (SSSR count). The highest BCUT2D eigenvalue weighted by molar-refractivity contribution is 9.09. The van der Waals surface area contributed by atoms with Crippen LogP contribution >= 0.6 is 15.9 Å². The van der Waals surface area contributed by atoms with E-state index in [1.807, 2.05) is 0 Å². The van der Waals surface area contributed by atoms with Gasteiger partial charge < -0.3 is 4.74 Å². The summed E-state index contributed by atoms with van der Waals surface area (Å²) in [6.45, 7) is 1.63. The molecule has 0 fully saturated rings. The van der Waals surface area contributed by atoms with E-state index < -0.39 is 22.2 Å². The van der Waals surface area contributed by atoms with Crippen molar-refractivity contribution in [3.8, 4) is 5.69 Å². The summed E-state index contributed by atoms with van der Waals surface area (Å²) < 4.78 is 33.0. The third-order valence-corrected chi connectivity index (χ3v) is 2.78. The third-order valence-electron chi connectivity index (χ3n) is 2.41. The van der Waals surface area contributed by atoms with E-state index in [-0.39, 0.29) is 6.61 Å². The molecule has 20 heavy (non-hydrogen) atoms. The van der Waals surface area contributed by atoms with Gasteiger partial charge in [-0.2, -0.15) is 8.78 Å². The molecule has 106 valence electrons. The van der Waals surface area contributed by atoms with Gasteiger partial charge in [0.1, 0.15) is 0 Å². The van der Waals surface area contributed by atoms with E-state index >= 15 is 0 Å². The van der Waals surface area contributed by atoms with Crippen LogP contribution in [0.4, 0.5) is 8.78 Å². The fourth-order valence-corrected chi connectivity index (χ4v) is 1.98. The molecule has 1 aromatic carbocycles. The number of carbonyl (C=O) groups is 1. The van der Waals surface area contributed by atoms with Crippen LogP contribution in [0.25, 0.3) is 5.69 Å². The summed E-state index contributed by atoms with van der Waals surface area (Å²) in [5.41, 5.74) is -0.815. The molecular formula is C12H10BrF2N3O2. The minimum Gasteiger partial charge on any atom is -0.461 e. The number of hydrogen-bond donors (Lipinski definition) is 0. The molecule has 1 aromatic heterocycles. The van der Waals surface area contributed by atoms with E-state index in [2.05, 4.69) is 26.2 Å². The molecule has 0 saturated heterocycles. The Labute approximate surface area is 121 Å². The van der Waals surface area contributed by atoms with Gasteiger partial charge in [0.05, 0.1) is 12.3 Å². The Morgan fingerprint density at radius 1 is 1.40 bits per heavy atom. The molecule has 0 N–H and O–H groups in total. The van der Waals surface area contributed by atoms with Gasteiger partial charge >= 0.3 is 10.8 Å². The Bertz CT molecular complexity index is 611. The average Bonchev–Trinajstić information content (AvgIpc) is 2.84. The number of esters is 1. The van der Waals surface area contributed by atoms with Crippen LogP contribution in [0.1, 0.15) is 23.1 Å². The van der Waals surface area contributed by atoms with Crippen LogP contribution in [0.3, 0.4) is 0 Å². The molecular weight excluding hydrogens is 336 g/mol. The van der Waals surface area contributed by atoms with E-state index in [1.54, 1.807) is 37.3 Å². The van der Waals surface area contributed by atoms with Gasteiger partial charge in [0.25, 0.3) is 0 Å². The second-order valence-electron chi connectivity index (χ2n) is 3.75. The van der Waals surface area contributed by atoms with E-state index in [0.717, 1.165) is 4.68 Å². The highest BCUT2D eigenvalue weighted by Gasteiger charge is 2.39. The van der Waals surface area contributed by atoms with Crippen LogP contribution in [0.15, 0.2) is 30.3 Å². The molecule has 8 heteroatoms. The lowest BCUT2D eigenvalue weighted by Gasteiger charge is -2.12. The van der Waals surface area contributed by atoms with Crippen LogP contribution in [-0.2, 0) is 9.57 Å². The number of carbonyl (C=O) groups excluding carboxylic acids is 1. The van der Waals surface area contributed by atoms with Crippen molar-refractivity contribution in [2.24, 2.45) is 0 Å². The molecule has 0 aliphatic carbocycles. The maximum atomic E-state index is 13.7. The van der Waals surface area contributed by atoms with Crippen LogP contribution < -0.4 is 0 Å². The topological polar surface area (TPSA) is 57.0 Å². The van der Waals surface area contributed by atoms with Crippen LogP contribution in [0, 0.1) is 0 Å². The zero-order chi connectivity index (χ0) is 14.8. The molecule has 5 nitrogen and oxygen atoms in total. The van der Waals surface area contributed by atoms with Crippen molar-refractivity contribution in [3.63, 3.8) is 0 Å². The van der Waals surface area contributed by atoms with E-state index in [4.69, 9.17) is 4.74 Å². The van der Waals surface area contributed by atoms with Crippen molar-refractivity contribution in [1.29, 1.82) is 0 Å². The third kappa shape index (κ3) is 2.84. The number of benzene rings is 1. The molecule has 0 aliphatic heterocycles. The number of halogens is 3. The van der Waals surface area contributed by atoms with E-state index in [1.165, 1.54) is 0 Å². The van der Waals surface area contributed by atoms with Crippen molar-refractivity contribution in [2.75, 3.05) is 6.61 Å². The summed E-state index contributed by atoms with van der Waals surface area (Å²) in [5, 5.41) is 7.12. The maximum absolute atomic E-state index is 13.7. The van der Waals surface area contributed by atoms with Gasteiger partial charge in [0.2, 0.25) is 5.69 Å². The summed E-state index contributed by atoms with van der Waals surface area (Å²) in [5.74, 6) is -0.941. The van der Waals surface area contributed by atoms with Crippen molar-refractivity contribution >= 4 is 21.9 Å². The number of para-hydroxylation sites is 1. The fraction of sp³-hybridized carbons (Fsp3) is 0.250. The largest absolute Gasteiger partial charge is 0.461 e. The molecule has 0 amide bonds. The van der Waals surface area contributed by atoms with Crippen molar-refractivity contribution in [3.05, 3.63) is 41.7 Å². The van der Waals surface area contributed by atoms with Gasteiger partial charge in [-0.1, -0.05) is 23.4 Å².